The Balaban J connectivity index is 5.04. The van der Waals surface area contributed by atoms with Crippen LogP contribution in [-0.2, 0) is 14.1 Å². The van der Waals surface area contributed by atoms with Gasteiger partial charge in [0.2, 0.25) is 0 Å². The normalized spacial score (nSPS) is 13.7. The van der Waals surface area contributed by atoms with Crippen molar-refractivity contribution in [1.29, 1.82) is 5.26 Å². The topological polar surface area (TPSA) is 108 Å². The third kappa shape index (κ3) is 5.73. The molecule has 0 aliphatic heterocycles. The number of rotatable bonds is 8. The maximum absolute atomic E-state index is 11.5. The minimum Gasteiger partial charge on any atom is -0.466 e. The van der Waals surface area contributed by atoms with Gasteiger partial charge in [0.1, 0.15) is 0 Å². The monoisotopic (exact) mass is 291 g/mol. The predicted molar refractivity (Wildman–Crippen MR) is 70.3 cm³/mol. The quantitative estimate of drug-likeness (QED) is 0.524. The largest absolute Gasteiger partial charge is 0.466 e. The molecule has 0 aromatic carbocycles. The molecule has 0 fully saturated rings. The van der Waals surface area contributed by atoms with Crippen LogP contribution in [0.25, 0.3) is 0 Å². The van der Waals surface area contributed by atoms with Gasteiger partial charge in [-0.15, -0.1) is 0 Å². The van der Waals surface area contributed by atoms with Gasteiger partial charge in [-0.1, -0.05) is 13.8 Å². The first-order chi connectivity index (χ1) is 8.74. The zero-order valence-corrected chi connectivity index (χ0v) is 12.5. The van der Waals surface area contributed by atoms with Crippen LogP contribution in [0.2, 0.25) is 0 Å². The minimum atomic E-state index is -4.44. The van der Waals surface area contributed by atoms with Crippen molar-refractivity contribution in [1.82, 2.24) is 0 Å². The molecule has 7 heteroatoms. The van der Waals surface area contributed by atoms with Gasteiger partial charge in [-0.3, -0.25) is 9.36 Å². The average Bonchev–Trinajstić information content (AvgIpc) is 2.34. The van der Waals surface area contributed by atoms with Crippen LogP contribution in [0, 0.1) is 16.7 Å². The molecule has 0 saturated heterocycles. The highest BCUT2D eigenvalue weighted by molar-refractivity contribution is 7.52. The maximum Gasteiger partial charge on any atom is 0.329 e. The molecule has 0 bridgehead atoms. The van der Waals surface area contributed by atoms with Gasteiger partial charge in [-0.2, -0.15) is 5.26 Å². The lowest BCUT2D eigenvalue weighted by Gasteiger charge is -2.28. The fraction of sp³-hybridized carbons (Fsp3) is 0.833. The molecule has 0 saturated carbocycles. The summed E-state index contributed by atoms with van der Waals surface area (Å²) in [5, 5.41) is 9.21. The van der Waals surface area contributed by atoms with Crippen LogP contribution in [0.4, 0.5) is 0 Å². The van der Waals surface area contributed by atoms with E-state index < -0.39 is 24.6 Å². The number of ether oxygens (including phenoxy) is 1. The van der Waals surface area contributed by atoms with Crippen molar-refractivity contribution in [3.63, 3.8) is 0 Å². The van der Waals surface area contributed by atoms with Gasteiger partial charge in [-0.25, -0.2) is 0 Å². The fourth-order valence-electron chi connectivity index (χ4n) is 1.92. The summed E-state index contributed by atoms with van der Waals surface area (Å²) in [6, 6.07) is 2.13. The van der Waals surface area contributed by atoms with Crippen LogP contribution in [0.15, 0.2) is 0 Å². The van der Waals surface area contributed by atoms with Gasteiger partial charge in [0.15, 0.2) is 0 Å². The molecular weight excluding hydrogens is 269 g/mol. The van der Waals surface area contributed by atoms with Gasteiger partial charge in [0.25, 0.3) is 0 Å². The molecule has 110 valence electrons. The Morgan fingerprint density at radius 3 is 2.21 bits per heavy atom. The highest BCUT2D eigenvalue weighted by Gasteiger charge is 2.39. The molecular formula is C12H22NO5P. The summed E-state index contributed by atoms with van der Waals surface area (Å²) in [5.74, 6) is -0.644. The molecule has 1 unspecified atom stereocenters. The van der Waals surface area contributed by atoms with Gasteiger partial charge in [0.05, 0.1) is 30.2 Å². The standard InChI is InChI=1S/C12H22NO5P/c1-4-12(5-2,9-13)8-10(19(15,16)17)7-11(14)18-6-3/h10H,4-8H2,1-3H3,(H2,15,16,17). The summed E-state index contributed by atoms with van der Waals surface area (Å²) in [6.45, 7) is 5.39. The van der Waals surface area contributed by atoms with Crippen molar-refractivity contribution in [2.24, 2.45) is 5.41 Å². The number of carbonyl (C=O) groups is 1. The summed E-state index contributed by atoms with van der Waals surface area (Å²) in [5.41, 5.74) is -1.97. The smallest absolute Gasteiger partial charge is 0.329 e. The van der Waals surface area contributed by atoms with E-state index in [1.54, 1.807) is 20.8 Å². The van der Waals surface area contributed by atoms with Crippen LogP contribution in [0.5, 0.6) is 0 Å². The third-order valence-electron chi connectivity index (χ3n) is 3.40. The summed E-state index contributed by atoms with van der Waals surface area (Å²) in [6.07, 6.45) is 0.611. The number of esters is 1. The van der Waals surface area contributed by atoms with E-state index in [0.717, 1.165) is 0 Å². The van der Waals surface area contributed by atoms with Crippen LogP contribution in [0.1, 0.15) is 46.5 Å². The van der Waals surface area contributed by atoms with Gasteiger partial charge < -0.3 is 14.5 Å². The zero-order valence-electron chi connectivity index (χ0n) is 11.6. The van der Waals surface area contributed by atoms with E-state index in [2.05, 4.69) is 6.07 Å². The van der Waals surface area contributed by atoms with Crippen LogP contribution < -0.4 is 0 Å². The maximum atomic E-state index is 11.5. The molecule has 2 N–H and O–H groups in total. The Morgan fingerprint density at radius 2 is 1.89 bits per heavy atom. The molecule has 0 aliphatic carbocycles. The molecule has 0 heterocycles. The van der Waals surface area contributed by atoms with Gasteiger partial charge in [0, 0.05) is 0 Å². The molecule has 19 heavy (non-hydrogen) atoms. The molecule has 0 aromatic rings. The lowest BCUT2D eigenvalue weighted by atomic mass is 9.79. The van der Waals surface area contributed by atoms with Crippen molar-refractivity contribution in [3.8, 4) is 6.07 Å². The van der Waals surface area contributed by atoms with Crippen molar-refractivity contribution in [2.45, 2.75) is 52.1 Å². The second-order valence-electron chi connectivity index (χ2n) is 4.56. The molecule has 0 radical (unpaired) electrons. The van der Waals surface area contributed by atoms with Crippen molar-refractivity contribution < 1.29 is 23.9 Å². The van der Waals surface area contributed by atoms with E-state index in [1.807, 2.05) is 0 Å². The summed E-state index contributed by atoms with van der Waals surface area (Å²) in [7, 11) is -4.44. The molecule has 0 rings (SSSR count). The first-order valence-electron chi connectivity index (χ1n) is 6.36. The predicted octanol–water partition coefficient (Wildman–Crippen LogP) is 2.21. The first kappa shape index (κ1) is 18.1. The Labute approximate surface area is 113 Å². The Kier molecular flexibility index (Phi) is 7.28. The van der Waals surface area contributed by atoms with Crippen molar-refractivity contribution in [2.75, 3.05) is 6.61 Å². The number of hydrogen-bond donors (Lipinski definition) is 2. The highest BCUT2D eigenvalue weighted by Crippen LogP contribution is 2.49. The lowest BCUT2D eigenvalue weighted by molar-refractivity contribution is -0.143. The number of carbonyl (C=O) groups excluding carboxylic acids is 1. The fourth-order valence-corrected chi connectivity index (χ4v) is 2.89. The summed E-state index contributed by atoms with van der Waals surface area (Å²) >= 11 is 0. The van der Waals surface area contributed by atoms with E-state index in [1.165, 1.54) is 0 Å². The van der Waals surface area contributed by atoms with E-state index in [-0.39, 0.29) is 19.4 Å². The second kappa shape index (κ2) is 7.64. The highest BCUT2D eigenvalue weighted by atomic mass is 31.2. The number of hydrogen-bond acceptors (Lipinski definition) is 4. The molecule has 1 atom stereocenters. The Hall–Kier alpha value is -0.890. The summed E-state index contributed by atoms with van der Waals surface area (Å²) < 4.78 is 16.2. The van der Waals surface area contributed by atoms with Crippen molar-refractivity contribution >= 4 is 13.6 Å². The molecule has 0 aliphatic rings. The Bertz CT molecular complexity index is 380. The average molecular weight is 291 g/mol. The summed E-state index contributed by atoms with van der Waals surface area (Å²) in [4.78, 5) is 30.1. The van der Waals surface area contributed by atoms with Gasteiger partial charge in [-0.05, 0) is 26.2 Å². The molecule has 0 spiro atoms. The zero-order chi connectivity index (χ0) is 15.1. The number of nitrogens with zero attached hydrogens (tertiary/aromatic N) is 1. The van der Waals surface area contributed by atoms with Crippen LogP contribution in [0.3, 0.4) is 0 Å². The first-order valence-corrected chi connectivity index (χ1v) is 8.04. The van der Waals surface area contributed by atoms with E-state index in [9.17, 15) is 24.4 Å². The van der Waals surface area contributed by atoms with E-state index in [0.29, 0.717) is 12.8 Å². The second-order valence-corrected chi connectivity index (χ2v) is 6.46. The van der Waals surface area contributed by atoms with Crippen LogP contribution >= 0.6 is 7.60 Å². The van der Waals surface area contributed by atoms with Crippen LogP contribution in [-0.4, -0.2) is 28.0 Å². The van der Waals surface area contributed by atoms with Gasteiger partial charge >= 0.3 is 13.6 Å². The number of nitriles is 1. The lowest BCUT2D eigenvalue weighted by Crippen LogP contribution is -2.26. The SMILES string of the molecule is CCOC(=O)CC(CC(C#N)(CC)CC)P(=O)(O)O. The Morgan fingerprint density at radius 1 is 1.37 bits per heavy atom. The third-order valence-corrected chi connectivity index (χ3v) is 4.72. The minimum absolute atomic E-state index is 0.000405. The molecule has 0 aromatic heterocycles. The van der Waals surface area contributed by atoms with Crippen molar-refractivity contribution in [3.05, 3.63) is 0 Å². The van der Waals surface area contributed by atoms with E-state index in [4.69, 9.17) is 4.74 Å². The molecule has 6 nitrogen and oxygen atoms in total. The molecule has 0 amide bonds. The van der Waals surface area contributed by atoms with E-state index >= 15 is 0 Å².